The second-order valence-electron chi connectivity index (χ2n) is 5.11. The zero-order valence-corrected chi connectivity index (χ0v) is 13.4. The number of aromatic nitrogens is 2. The normalized spacial score (nSPS) is 12.8. The average Bonchev–Trinajstić information content (AvgIpc) is 2.93. The molecular formula is C14H19N5O5. The van der Waals surface area contributed by atoms with Gasteiger partial charge in [-0.05, 0) is 6.42 Å². The minimum absolute atomic E-state index is 0.133. The highest BCUT2D eigenvalue weighted by Gasteiger charge is 2.26. The highest BCUT2D eigenvalue weighted by atomic mass is 16.5. The van der Waals surface area contributed by atoms with Crippen molar-refractivity contribution < 1.29 is 29.0 Å². The maximum absolute atomic E-state index is 12.2. The van der Waals surface area contributed by atoms with Crippen molar-refractivity contribution in [2.45, 2.75) is 31.4 Å². The molecule has 0 aromatic carbocycles. The van der Waals surface area contributed by atoms with Gasteiger partial charge in [0, 0.05) is 33.2 Å². The van der Waals surface area contributed by atoms with E-state index in [2.05, 4.69) is 15.1 Å². The first kappa shape index (κ1) is 19.2. The van der Waals surface area contributed by atoms with Gasteiger partial charge in [0.25, 0.3) is 0 Å². The number of nitrogens with one attached hydrogen (secondary N) is 1. The summed E-state index contributed by atoms with van der Waals surface area (Å²) in [6.07, 6.45) is 2.95. The fourth-order valence-corrected chi connectivity index (χ4v) is 1.98. The Balaban J connectivity index is 2.66. The van der Waals surface area contributed by atoms with E-state index in [1.54, 1.807) is 24.1 Å². The van der Waals surface area contributed by atoms with Gasteiger partial charge in [0.2, 0.25) is 11.7 Å². The number of aryl methyl sites for hydroxylation is 1. The molecule has 0 saturated heterocycles. The average molecular weight is 337 g/mol. The number of carbonyl (C=O) groups excluding carboxylic acids is 2. The lowest BCUT2D eigenvalue weighted by Gasteiger charge is -2.18. The van der Waals surface area contributed by atoms with Gasteiger partial charge in [-0.15, -0.1) is 0 Å². The van der Waals surface area contributed by atoms with E-state index in [1.165, 1.54) is 7.11 Å². The van der Waals surface area contributed by atoms with Crippen molar-refractivity contribution in [3.8, 4) is 0 Å². The fraction of sp³-hybridized carbons (Fsp3) is 0.500. The largest absolute Gasteiger partial charge is 0.480 e. The Hall–Kier alpha value is -2.84. The van der Waals surface area contributed by atoms with Crippen LogP contribution in [0.5, 0.6) is 0 Å². The highest BCUT2D eigenvalue weighted by Crippen LogP contribution is 2.05. The summed E-state index contributed by atoms with van der Waals surface area (Å²) in [5.41, 5.74) is 8.87. The zero-order valence-electron chi connectivity index (χ0n) is 13.4. The number of imidazole rings is 1. The number of ketones is 1. The van der Waals surface area contributed by atoms with E-state index in [1.807, 2.05) is 0 Å². The lowest BCUT2D eigenvalue weighted by molar-refractivity contribution is -0.144. The Labute approximate surface area is 138 Å². The molecule has 2 atom stereocenters. The Kier molecular flexibility index (Phi) is 7.47. The molecular weight excluding hydrogens is 318 g/mol. The van der Waals surface area contributed by atoms with Crippen LogP contribution in [0.3, 0.4) is 0 Å². The number of rotatable bonds is 10. The monoisotopic (exact) mass is 337 g/mol. The van der Waals surface area contributed by atoms with Crippen LogP contribution in [0.4, 0.5) is 0 Å². The summed E-state index contributed by atoms with van der Waals surface area (Å²) in [5.74, 6) is -2.43. The molecule has 0 spiro atoms. The predicted octanol–water partition coefficient (Wildman–Crippen LogP) is -0.803. The van der Waals surface area contributed by atoms with Crippen molar-refractivity contribution in [2.24, 2.45) is 7.05 Å². The third kappa shape index (κ3) is 6.11. The number of methoxy groups -OCH3 is 1. The van der Waals surface area contributed by atoms with Gasteiger partial charge in [-0.25, -0.2) is 9.78 Å². The zero-order chi connectivity index (χ0) is 18.1. The molecule has 1 aromatic rings. The smallest absolute Gasteiger partial charge is 0.326 e. The Bertz CT molecular complexity index is 650. The first-order chi connectivity index (χ1) is 11.4. The summed E-state index contributed by atoms with van der Waals surface area (Å²) in [6.45, 7) is 0. The molecule has 2 unspecified atom stereocenters. The van der Waals surface area contributed by atoms with Gasteiger partial charge in [-0.1, -0.05) is 0 Å². The molecule has 10 heteroatoms. The number of carboxylic acid groups (broad SMARTS) is 1. The molecule has 0 fully saturated rings. The van der Waals surface area contributed by atoms with Crippen molar-refractivity contribution in [3.63, 3.8) is 0 Å². The third-order valence-corrected chi connectivity index (χ3v) is 3.23. The van der Waals surface area contributed by atoms with E-state index in [0.29, 0.717) is 11.9 Å². The Morgan fingerprint density at radius 3 is 2.75 bits per heavy atom. The van der Waals surface area contributed by atoms with Crippen molar-refractivity contribution in [2.75, 3.05) is 7.11 Å². The lowest BCUT2D eigenvalue weighted by Crippen LogP contribution is -2.47. The standard InChI is InChI=1S/C14H19N5O5/c1-19-7-9(16-8-19)5-12(24-2)13(21)18-11(14(22)23)4-3-10(20)6-17-15/h6-8,11-12H,3-5H2,1-2H3,(H,18,21)(H,22,23). The maximum atomic E-state index is 12.2. The first-order valence-corrected chi connectivity index (χ1v) is 7.10. The van der Waals surface area contributed by atoms with Crippen molar-refractivity contribution in [3.05, 3.63) is 23.7 Å². The molecule has 1 aromatic heterocycles. The minimum Gasteiger partial charge on any atom is -0.480 e. The minimum atomic E-state index is -1.27. The van der Waals surface area contributed by atoms with E-state index in [0.717, 1.165) is 0 Å². The molecule has 10 nitrogen and oxygen atoms in total. The predicted molar refractivity (Wildman–Crippen MR) is 81.2 cm³/mol. The van der Waals surface area contributed by atoms with Crippen LogP contribution >= 0.6 is 0 Å². The summed E-state index contributed by atoms with van der Waals surface area (Å²) in [5, 5.41) is 11.5. The fourth-order valence-electron chi connectivity index (χ4n) is 1.98. The summed E-state index contributed by atoms with van der Waals surface area (Å²) in [4.78, 5) is 41.3. The number of carbonyl (C=O) groups is 3. The van der Waals surface area contributed by atoms with Crippen molar-refractivity contribution in [1.29, 1.82) is 0 Å². The molecule has 0 bridgehead atoms. The quantitative estimate of drug-likeness (QED) is 0.324. The second kappa shape index (κ2) is 9.33. The second-order valence-corrected chi connectivity index (χ2v) is 5.11. The summed E-state index contributed by atoms with van der Waals surface area (Å²) in [7, 11) is 3.12. The number of amides is 1. The molecule has 1 rings (SSSR count). The summed E-state index contributed by atoms with van der Waals surface area (Å²) < 4.78 is 6.81. The van der Waals surface area contributed by atoms with Gasteiger partial charge in [-0.2, -0.15) is 4.79 Å². The van der Waals surface area contributed by atoms with E-state index < -0.39 is 29.8 Å². The van der Waals surface area contributed by atoms with E-state index >= 15 is 0 Å². The molecule has 0 aliphatic rings. The molecule has 130 valence electrons. The maximum Gasteiger partial charge on any atom is 0.326 e. The van der Waals surface area contributed by atoms with Gasteiger partial charge < -0.3 is 25.3 Å². The lowest BCUT2D eigenvalue weighted by atomic mass is 10.1. The van der Waals surface area contributed by atoms with Crippen LogP contribution in [0.1, 0.15) is 18.5 Å². The van der Waals surface area contributed by atoms with Gasteiger partial charge in [0.05, 0.1) is 12.0 Å². The molecule has 0 aliphatic heterocycles. The molecule has 0 saturated carbocycles. The Morgan fingerprint density at radius 2 is 2.25 bits per heavy atom. The molecule has 1 amide bonds. The van der Waals surface area contributed by atoms with Crippen molar-refractivity contribution >= 4 is 23.9 Å². The van der Waals surface area contributed by atoms with Gasteiger partial charge in [0.15, 0.2) is 0 Å². The summed E-state index contributed by atoms with van der Waals surface area (Å²) >= 11 is 0. The molecule has 0 radical (unpaired) electrons. The van der Waals surface area contributed by atoms with E-state index in [-0.39, 0.29) is 19.3 Å². The molecule has 0 aliphatic carbocycles. The number of Topliss-reactive ketones (excluding diaryl/α,β-unsaturated/α-hetero) is 1. The van der Waals surface area contributed by atoms with Crippen LogP contribution in [0, 0.1) is 0 Å². The van der Waals surface area contributed by atoms with Crippen LogP contribution in [0.2, 0.25) is 0 Å². The van der Waals surface area contributed by atoms with Crippen LogP contribution in [-0.2, 0) is 32.6 Å². The summed E-state index contributed by atoms with van der Waals surface area (Å²) in [6, 6.07) is -1.25. The van der Waals surface area contributed by atoms with E-state index in [4.69, 9.17) is 15.4 Å². The van der Waals surface area contributed by atoms with Crippen LogP contribution in [0.25, 0.3) is 5.53 Å². The number of hydrogen-bond donors (Lipinski definition) is 2. The number of aliphatic carboxylic acids is 1. The number of nitrogens with zero attached hydrogens (tertiary/aromatic N) is 4. The van der Waals surface area contributed by atoms with Crippen LogP contribution < -0.4 is 5.32 Å². The third-order valence-electron chi connectivity index (χ3n) is 3.23. The van der Waals surface area contributed by atoms with E-state index in [9.17, 15) is 14.4 Å². The molecule has 2 N–H and O–H groups in total. The highest BCUT2D eigenvalue weighted by molar-refractivity contribution is 6.25. The van der Waals surface area contributed by atoms with Gasteiger partial charge in [0.1, 0.15) is 12.1 Å². The first-order valence-electron chi connectivity index (χ1n) is 7.10. The molecule has 1 heterocycles. The Morgan fingerprint density at radius 1 is 1.54 bits per heavy atom. The van der Waals surface area contributed by atoms with Crippen molar-refractivity contribution in [1.82, 2.24) is 14.9 Å². The molecule has 24 heavy (non-hydrogen) atoms. The topological polar surface area (TPSA) is 147 Å². The number of carboxylic acids is 1. The number of ether oxygens (including phenoxy) is 1. The SMILES string of the molecule is COC(Cc1cn(C)cn1)C(=O)NC(CCC(=O)C=[N+]=[N-])C(=O)O. The van der Waals surface area contributed by atoms with Gasteiger partial charge >= 0.3 is 12.2 Å². The number of hydrogen-bond acceptors (Lipinski definition) is 5. The van der Waals surface area contributed by atoms with Gasteiger partial charge in [-0.3, -0.25) is 9.59 Å². The van der Waals surface area contributed by atoms with Crippen LogP contribution in [-0.4, -0.2) is 62.6 Å². The van der Waals surface area contributed by atoms with Crippen LogP contribution in [0.15, 0.2) is 12.5 Å².